The molecule has 1 aliphatic rings. The van der Waals surface area contributed by atoms with Gasteiger partial charge in [0.2, 0.25) is 0 Å². The third kappa shape index (κ3) is 3.69. The zero-order valence-corrected chi connectivity index (χ0v) is 13.3. The van der Waals surface area contributed by atoms with E-state index in [0.29, 0.717) is 18.0 Å². The molecule has 0 aliphatic carbocycles. The molecule has 1 N–H and O–H groups in total. The molecule has 1 aromatic rings. The van der Waals surface area contributed by atoms with E-state index < -0.39 is 0 Å². The van der Waals surface area contributed by atoms with E-state index in [0.717, 1.165) is 24.6 Å². The molecular weight excluding hydrogens is 248 g/mol. The van der Waals surface area contributed by atoms with Gasteiger partial charge in [-0.2, -0.15) is 0 Å². The Morgan fingerprint density at radius 2 is 2.15 bits per heavy atom. The lowest BCUT2D eigenvalue weighted by molar-refractivity contribution is 0.546. The molecule has 1 fully saturated rings. The van der Waals surface area contributed by atoms with Gasteiger partial charge < -0.3 is 10.2 Å². The summed E-state index contributed by atoms with van der Waals surface area (Å²) < 4.78 is 0. The van der Waals surface area contributed by atoms with Crippen molar-refractivity contribution >= 4 is 5.82 Å². The van der Waals surface area contributed by atoms with Gasteiger partial charge in [-0.3, -0.25) is 4.98 Å². The van der Waals surface area contributed by atoms with Crippen molar-refractivity contribution in [3.05, 3.63) is 18.1 Å². The molecule has 2 unspecified atom stereocenters. The van der Waals surface area contributed by atoms with Gasteiger partial charge in [-0.25, -0.2) is 4.98 Å². The molecule has 0 saturated carbocycles. The lowest BCUT2D eigenvalue weighted by atomic mass is 10.1. The smallest absolute Gasteiger partial charge is 0.147 e. The van der Waals surface area contributed by atoms with Crippen molar-refractivity contribution < 1.29 is 0 Å². The molecule has 0 aromatic carbocycles. The molecule has 2 rings (SSSR count). The zero-order valence-electron chi connectivity index (χ0n) is 13.3. The van der Waals surface area contributed by atoms with Crippen LogP contribution >= 0.6 is 0 Å². The number of hydrogen-bond donors (Lipinski definition) is 1. The standard InChI is InChI=1S/C16H28N4/c1-5-15-7-6-13(4)20(15)16-11-18-10-14(19-16)9-17-8-12(2)3/h10-13,15,17H,5-9H2,1-4H3. The summed E-state index contributed by atoms with van der Waals surface area (Å²) in [5.74, 6) is 1.71. The van der Waals surface area contributed by atoms with Crippen LogP contribution in [0.5, 0.6) is 0 Å². The third-order valence-corrected chi connectivity index (χ3v) is 4.05. The Kier molecular flexibility index (Phi) is 5.35. The van der Waals surface area contributed by atoms with Gasteiger partial charge in [-0.1, -0.05) is 20.8 Å². The van der Waals surface area contributed by atoms with E-state index >= 15 is 0 Å². The number of hydrogen-bond acceptors (Lipinski definition) is 4. The van der Waals surface area contributed by atoms with Crippen LogP contribution in [0.3, 0.4) is 0 Å². The highest BCUT2D eigenvalue weighted by Gasteiger charge is 2.30. The molecule has 0 bridgehead atoms. The maximum absolute atomic E-state index is 4.80. The lowest BCUT2D eigenvalue weighted by Crippen LogP contribution is -2.35. The van der Waals surface area contributed by atoms with Gasteiger partial charge in [0.05, 0.1) is 11.9 Å². The number of nitrogens with zero attached hydrogens (tertiary/aromatic N) is 3. The molecular formula is C16H28N4. The summed E-state index contributed by atoms with van der Waals surface area (Å²) in [4.78, 5) is 11.6. The Morgan fingerprint density at radius 3 is 2.85 bits per heavy atom. The van der Waals surface area contributed by atoms with Crippen LogP contribution in [0.25, 0.3) is 0 Å². The van der Waals surface area contributed by atoms with Crippen LogP contribution in [0.4, 0.5) is 5.82 Å². The summed E-state index contributed by atoms with van der Waals surface area (Å²) in [6.07, 6.45) is 7.50. The fraction of sp³-hybridized carbons (Fsp3) is 0.750. The van der Waals surface area contributed by atoms with Crippen molar-refractivity contribution in [2.24, 2.45) is 5.92 Å². The van der Waals surface area contributed by atoms with Crippen molar-refractivity contribution in [1.82, 2.24) is 15.3 Å². The molecule has 2 atom stereocenters. The summed E-state index contributed by atoms with van der Waals surface area (Å²) in [5, 5.41) is 3.43. The van der Waals surface area contributed by atoms with Gasteiger partial charge >= 0.3 is 0 Å². The summed E-state index contributed by atoms with van der Waals surface area (Å²) in [6.45, 7) is 10.8. The SMILES string of the molecule is CCC1CCC(C)N1c1cncc(CNCC(C)C)n1. The minimum absolute atomic E-state index is 0.577. The average molecular weight is 276 g/mol. The molecule has 0 amide bonds. The Bertz CT molecular complexity index is 419. The van der Waals surface area contributed by atoms with Crippen molar-refractivity contribution in [2.75, 3.05) is 11.4 Å². The molecule has 0 radical (unpaired) electrons. The molecule has 112 valence electrons. The molecule has 0 spiro atoms. The number of anilines is 1. The summed E-state index contributed by atoms with van der Waals surface area (Å²) >= 11 is 0. The first kappa shape index (κ1) is 15.2. The van der Waals surface area contributed by atoms with Gasteiger partial charge in [-0.15, -0.1) is 0 Å². The Morgan fingerprint density at radius 1 is 1.35 bits per heavy atom. The van der Waals surface area contributed by atoms with E-state index in [1.54, 1.807) is 0 Å². The molecule has 4 nitrogen and oxygen atoms in total. The maximum Gasteiger partial charge on any atom is 0.147 e. The summed E-state index contributed by atoms with van der Waals surface area (Å²) in [5.41, 5.74) is 1.04. The average Bonchev–Trinajstić information content (AvgIpc) is 2.80. The second-order valence-electron chi connectivity index (χ2n) is 6.29. The van der Waals surface area contributed by atoms with Gasteiger partial charge in [0.25, 0.3) is 0 Å². The van der Waals surface area contributed by atoms with E-state index in [-0.39, 0.29) is 0 Å². The van der Waals surface area contributed by atoms with Gasteiger partial charge in [-0.05, 0) is 38.6 Å². The van der Waals surface area contributed by atoms with Crippen LogP contribution in [0.1, 0.15) is 52.7 Å². The Hall–Kier alpha value is -1.16. The van der Waals surface area contributed by atoms with Crippen LogP contribution < -0.4 is 10.2 Å². The van der Waals surface area contributed by atoms with Crippen molar-refractivity contribution in [3.8, 4) is 0 Å². The maximum atomic E-state index is 4.80. The molecule has 1 aromatic heterocycles. The second kappa shape index (κ2) is 7.02. The first-order valence-electron chi connectivity index (χ1n) is 7.91. The second-order valence-corrected chi connectivity index (χ2v) is 6.29. The van der Waals surface area contributed by atoms with E-state index in [2.05, 4.69) is 42.9 Å². The first-order chi connectivity index (χ1) is 9.61. The third-order valence-electron chi connectivity index (χ3n) is 4.05. The normalized spacial score (nSPS) is 22.8. The van der Waals surface area contributed by atoms with E-state index in [4.69, 9.17) is 4.98 Å². The van der Waals surface area contributed by atoms with Gasteiger partial charge in [0.1, 0.15) is 5.82 Å². The highest BCUT2D eigenvalue weighted by Crippen LogP contribution is 2.30. The van der Waals surface area contributed by atoms with Crippen molar-refractivity contribution in [3.63, 3.8) is 0 Å². The highest BCUT2D eigenvalue weighted by atomic mass is 15.3. The monoisotopic (exact) mass is 276 g/mol. The molecule has 1 saturated heterocycles. The van der Waals surface area contributed by atoms with Gasteiger partial charge in [0.15, 0.2) is 0 Å². The van der Waals surface area contributed by atoms with Gasteiger partial charge in [0, 0.05) is 24.8 Å². The van der Waals surface area contributed by atoms with Crippen LogP contribution in [0.2, 0.25) is 0 Å². The molecule has 1 aliphatic heterocycles. The lowest BCUT2D eigenvalue weighted by Gasteiger charge is -2.29. The quantitative estimate of drug-likeness (QED) is 0.867. The fourth-order valence-electron chi connectivity index (χ4n) is 2.98. The largest absolute Gasteiger partial charge is 0.350 e. The minimum atomic E-state index is 0.577. The number of aromatic nitrogens is 2. The highest BCUT2D eigenvalue weighted by molar-refractivity contribution is 5.41. The summed E-state index contributed by atoms with van der Waals surface area (Å²) in [6, 6.07) is 1.20. The van der Waals surface area contributed by atoms with Crippen LogP contribution in [0, 0.1) is 5.92 Å². The number of nitrogens with one attached hydrogen (secondary N) is 1. The Labute approximate surface area is 123 Å². The van der Waals surface area contributed by atoms with Crippen LogP contribution in [-0.4, -0.2) is 28.6 Å². The zero-order chi connectivity index (χ0) is 14.5. The predicted octanol–water partition coefficient (Wildman–Crippen LogP) is 2.99. The first-order valence-corrected chi connectivity index (χ1v) is 7.91. The molecule has 2 heterocycles. The van der Waals surface area contributed by atoms with Crippen LogP contribution in [-0.2, 0) is 6.54 Å². The topological polar surface area (TPSA) is 41.1 Å². The van der Waals surface area contributed by atoms with E-state index in [1.807, 2.05) is 12.4 Å². The molecule has 4 heteroatoms. The van der Waals surface area contributed by atoms with E-state index in [9.17, 15) is 0 Å². The predicted molar refractivity (Wildman–Crippen MR) is 83.8 cm³/mol. The van der Waals surface area contributed by atoms with Crippen LogP contribution in [0.15, 0.2) is 12.4 Å². The fourth-order valence-corrected chi connectivity index (χ4v) is 2.98. The molecule has 20 heavy (non-hydrogen) atoms. The van der Waals surface area contributed by atoms with Crippen molar-refractivity contribution in [1.29, 1.82) is 0 Å². The summed E-state index contributed by atoms with van der Waals surface area (Å²) in [7, 11) is 0. The van der Waals surface area contributed by atoms with Crippen molar-refractivity contribution in [2.45, 2.75) is 65.6 Å². The number of rotatable bonds is 6. The van der Waals surface area contributed by atoms with E-state index in [1.165, 1.54) is 19.3 Å². The Balaban J connectivity index is 2.05. The minimum Gasteiger partial charge on any atom is -0.350 e.